The van der Waals surface area contributed by atoms with Crippen molar-refractivity contribution in [2.24, 2.45) is 0 Å². The van der Waals surface area contributed by atoms with Crippen LogP contribution in [-0.4, -0.2) is 39.3 Å². The number of hydrogen-bond donors (Lipinski definition) is 2. The van der Waals surface area contributed by atoms with Crippen molar-refractivity contribution in [3.05, 3.63) is 18.0 Å². The largest absolute Gasteiger partial charge is 0.390 e. The van der Waals surface area contributed by atoms with Gasteiger partial charge in [-0.25, -0.2) is 9.97 Å². The first kappa shape index (κ1) is 16.2. The topological polar surface area (TPSA) is 61.3 Å². The Bertz CT molecular complexity index is 450. The average Bonchev–Trinajstić information content (AvgIpc) is 2.57. The molecule has 1 atom stereocenters. The first-order valence-electron chi connectivity index (χ1n) is 7.78. The minimum Gasteiger partial charge on any atom is -0.390 e. The predicted octanol–water partition coefficient (Wildman–Crippen LogP) is 2.11. The summed E-state index contributed by atoms with van der Waals surface area (Å²) in [5, 5.41) is 13.6. The summed E-state index contributed by atoms with van der Waals surface area (Å²) in [6, 6.07) is 0. The summed E-state index contributed by atoms with van der Waals surface area (Å²) in [7, 11) is 0. The molecule has 1 unspecified atom stereocenters. The standard InChI is InChI=1S/C16H28N4O/c1-15(2,3)19-12-13-10-17-14(18-11-13)20-8-5-6-16(4,21)7-9-20/h10-11,19,21H,5-9,12H2,1-4H3. The third-order valence-corrected chi connectivity index (χ3v) is 3.86. The minimum absolute atomic E-state index is 0.0923. The number of aromatic nitrogens is 2. The summed E-state index contributed by atoms with van der Waals surface area (Å²) < 4.78 is 0. The van der Waals surface area contributed by atoms with Crippen LogP contribution in [0.25, 0.3) is 0 Å². The molecule has 0 amide bonds. The summed E-state index contributed by atoms with van der Waals surface area (Å²) in [6.45, 7) is 10.8. The lowest BCUT2D eigenvalue weighted by Gasteiger charge is -2.23. The van der Waals surface area contributed by atoms with Gasteiger partial charge >= 0.3 is 0 Å². The molecule has 1 aliphatic rings. The van der Waals surface area contributed by atoms with Crippen molar-refractivity contribution < 1.29 is 5.11 Å². The Balaban J connectivity index is 1.95. The lowest BCUT2D eigenvalue weighted by molar-refractivity contribution is 0.0481. The van der Waals surface area contributed by atoms with Crippen LogP contribution in [-0.2, 0) is 6.54 Å². The van der Waals surface area contributed by atoms with Gasteiger partial charge in [0, 0.05) is 43.1 Å². The first-order chi connectivity index (χ1) is 9.75. The molecule has 0 bridgehead atoms. The lowest BCUT2D eigenvalue weighted by Crippen LogP contribution is -2.35. The fourth-order valence-electron chi connectivity index (χ4n) is 2.43. The summed E-state index contributed by atoms with van der Waals surface area (Å²) in [6.07, 6.45) is 6.37. The van der Waals surface area contributed by atoms with Crippen molar-refractivity contribution >= 4 is 5.95 Å². The molecule has 118 valence electrons. The fraction of sp³-hybridized carbons (Fsp3) is 0.750. The lowest BCUT2D eigenvalue weighted by atomic mass is 9.98. The number of aliphatic hydroxyl groups is 1. The minimum atomic E-state index is -0.550. The molecule has 0 radical (unpaired) electrons. The van der Waals surface area contributed by atoms with Crippen molar-refractivity contribution in [1.82, 2.24) is 15.3 Å². The van der Waals surface area contributed by atoms with Crippen molar-refractivity contribution in [2.75, 3.05) is 18.0 Å². The van der Waals surface area contributed by atoms with Gasteiger partial charge < -0.3 is 15.3 Å². The molecule has 2 heterocycles. The van der Waals surface area contributed by atoms with Crippen LogP contribution in [0.4, 0.5) is 5.95 Å². The van der Waals surface area contributed by atoms with Gasteiger partial charge in [0.05, 0.1) is 5.60 Å². The van der Waals surface area contributed by atoms with Crippen molar-refractivity contribution in [2.45, 2.75) is 64.6 Å². The molecular formula is C16H28N4O. The Morgan fingerprint density at radius 2 is 1.90 bits per heavy atom. The molecule has 0 aliphatic carbocycles. The summed E-state index contributed by atoms with van der Waals surface area (Å²) in [5.41, 5.74) is 0.635. The van der Waals surface area contributed by atoms with Gasteiger partial charge in [0.1, 0.15) is 0 Å². The van der Waals surface area contributed by atoms with Crippen LogP contribution in [0.15, 0.2) is 12.4 Å². The zero-order valence-corrected chi connectivity index (χ0v) is 13.7. The van der Waals surface area contributed by atoms with Crippen LogP contribution < -0.4 is 10.2 Å². The zero-order valence-electron chi connectivity index (χ0n) is 13.7. The van der Waals surface area contributed by atoms with Gasteiger partial charge in [-0.3, -0.25) is 0 Å². The van der Waals surface area contributed by atoms with Gasteiger partial charge in [-0.05, 0) is 47.0 Å². The number of hydrogen-bond acceptors (Lipinski definition) is 5. The number of nitrogens with one attached hydrogen (secondary N) is 1. The Morgan fingerprint density at radius 3 is 2.52 bits per heavy atom. The van der Waals surface area contributed by atoms with E-state index in [0.717, 1.165) is 50.4 Å². The van der Waals surface area contributed by atoms with Gasteiger partial charge in [-0.15, -0.1) is 0 Å². The van der Waals surface area contributed by atoms with Crippen LogP contribution in [0.3, 0.4) is 0 Å². The Hall–Kier alpha value is -1.20. The molecule has 1 fully saturated rings. The molecule has 1 saturated heterocycles. The second-order valence-electron chi connectivity index (χ2n) is 7.33. The van der Waals surface area contributed by atoms with Crippen LogP contribution in [0.1, 0.15) is 52.5 Å². The molecular weight excluding hydrogens is 264 g/mol. The maximum absolute atomic E-state index is 10.1. The molecule has 21 heavy (non-hydrogen) atoms. The molecule has 5 heteroatoms. The Morgan fingerprint density at radius 1 is 1.24 bits per heavy atom. The first-order valence-corrected chi connectivity index (χ1v) is 7.78. The van der Waals surface area contributed by atoms with Crippen LogP contribution in [0.2, 0.25) is 0 Å². The molecule has 1 aromatic rings. The normalized spacial score (nSPS) is 24.0. The summed E-state index contributed by atoms with van der Waals surface area (Å²) in [5.74, 6) is 0.771. The van der Waals surface area contributed by atoms with E-state index in [4.69, 9.17) is 0 Å². The average molecular weight is 292 g/mol. The molecule has 2 rings (SSSR count). The van der Waals surface area contributed by atoms with Crippen LogP contribution in [0.5, 0.6) is 0 Å². The van der Waals surface area contributed by atoms with E-state index in [1.807, 2.05) is 19.3 Å². The van der Waals surface area contributed by atoms with Crippen LogP contribution in [0, 0.1) is 0 Å². The second-order valence-corrected chi connectivity index (χ2v) is 7.33. The Kier molecular flexibility index (Phi) is 4.84. The number of rotatable bonds is 3. The third-order valence-electron chi connectivity index (χ3n) is 3.86. The molecule has 2 N–H and O–H groups in total. The number of nitrogens with zero attached hydrogens (tertiary/aromatic N) is 3. The van der Waals surface area contributed by atoms with E-state index in [1.165, 1.54) is 0 Å². The van der Waals surface area contributed by atoms with Crippen molar-refractivity contribution in [3.63, 3.8) is 0 Å². The number of anilines is 1. The van der Waals surface area contributed by atoms with Gasteiger partial charge in [-0.2, -0.15) is 0 Å². The molecule has 5 nitrogen and oxygen atoms in total. The van der Waals surface area contributed by atoms with E-state index in [1.54, 1.807) is 0 Å². The molecule has 0 spiro atoms. The van der Waals surface area contributed by atoms with E-state index in [0.29, 0.717) is 0 Å². The van der Waals surface area contributed by atoms with E-state index >= 15 is 0 Å². The summed E-state index contributed by atoms with van der Waals surface area (Å²) in [4.78, 5) is 11.1. The molecule has 1 aromatic heterocycles. The quantitative estimate of drug-likeness (QED) is 0.893. The maximum atomic E-state index is 10.1. The third kappa shape index (κ3) is 5.25. The highest BCUT2D eigenvalue weighted by Crippen LogP contribution is 2.23. The maximum Gasteiger partial charge on any atom is 0.225 e. The zero-order chi connectivity index (χ0) is 15.5. The second kappa shape index (κ2) is 6.28. The molecule has 0 saturated carbocycles. The van der Waals surface area contributed by atoms with E-state index < -0.39 is 5.60 Å². The summed E-state index contributed by atoms with van der Waals surface area (Å²) >= 11 is 0. The SMILES string of the molecule is CC1(O)CCCN(c2ncc(CNC(C)(C)C)cn2)CC1. The van der Waals surface area contributed by atoms with Gasteiger partial charge in [0.25, 0.3) is 0 Å². The van der Waals surface area contributed by atoms with E-state index in [2.05, 4.69) is 41.0 Å². The van der Waals surface area contributed by atoms with Gasteiger partial charge in [0.15, 0.2) is 0 Å². The smallest absolute Gasteiger partial charge is 0.225 e. The van der Waals surface area contributed by atoms with E-state index in [-0.39, 0.29) is 5.54 Å². The Labute approximate surface area is 127 Å². The highest BCUT2D eigenvalue weighted by molar-refractivity contribution is 5.30. The van der Waals surface area contributed by atoms with Crippen LogP contribution >= 0.6 is 0 Å². The fourth-order valence-corrected chi connectivity index (χ4v) is 2.43. The molecule has 0 aromatic carbocycles. The predicted molar refractivity (Wildman–Crippen MR) is 85.3 cm³/mol. The van der Waals surface area contributed by atoms with Gasteiger partial charge in [0.2, 0.25) is 5.95 Å². The highest BCUT2D eigenvalue weighted by Gasteiger charge is 2.25. The highest BCUT2D eigenvalue weighted by atomic mass is 16.3. The van der Waals surface area contributed by atoms with Crippen molar-refractivity contribution in [3.8, 4) is 0 Å². The monoisotopic (exact) mass is 292 g/mol. The van der Waals surface area contributed by atoms with Crippen molar-refractivity contribution in [1.29, 1.82) is 0 Å². The molecule has 1 aliphatic heterocycles. The van der Waals surface area contributed by atoms with Gasteiger partial charge in [-0.1, -0.05) is 0 Å². The van der Waals surface area contributed by atoms with E-state index in [9.17, 15) is 5.11 Å².